The van der Waals surface area contributed by atoms with Gasteiger partial charge in [0.1, 0.15) is 0 Å². The van der Waals surface area contributed by atoms with Gasteiger partial charge in [-0.1, -0.05) is 6.07 Å². The molecule has 2 aliphatic carbocycles. The molecule has 0 saturated heterocycles. The number of fused-ring (bicyclic) bond motifs is 9. The summed E-state index contributed by atoms with van der Waals surface area (Å²) < 4.78 is 0. The number of benzene rings is 2. The van der Waals surface area contributed by atoms with Crippen LogP contribution in [0.1, 0.15) is 63.1 Å². The molecule has 7 nitrogen and oxygen atoms in total. The van der Waals surface area contributed by atoms with Crippen molar-refractivity contribution in [2.45, 2.75) is 31.2 Å². The summed E-state index contributed by atoms with van der Waals surface area (Å²) in [5.74, 6) is 2.13. The third-order valence-electron chi connectivity index (χ3n) is 7.92. The number of aromatic nitrogens is 2. The van der Waals surface area contributed by atoms with Gasteiger partial charge in [-0.05, 0) is 78.3 Å². The second-order valence-electron chi connectivity index (χ2n) is 9.24. The summed E-state index contributed by atoms with van der Waals surface area (Å²) in [5, 5.41) is 14.2. The Morgan fingerprint density at radius 1 is 1.00 bits per heavy atom. The number of carbonyl (C=O) groups is 2. The maximum Gasteiger partial charge on any atom is 0.259 e. The summed E-state index contributed by atoms with van der Waals surface area (Å²) in [4.78, 5) is 24.5. The smallest absolute Gasteiger partial charge is 0.259 e. The highest BCUT2D eigenvalue weighted by atomic mass is 16.2. The molecule has 5 N–H and O–H groups in total. The van der Waals surface area contributed by atoms with Crippen LogP contribution in [0, 0.1) is 17.8 Å². The fourth-order valence-corrected chi connectivity index (χ4v) is 6.72. The molecule has 2 saturated carbocycles. The van der Waals surface area contributed by atoms with E-state index in [1.54, 1.807) is 0 Å². The maximum absolute atomic E-state index is 12.3. The van der Waals surface area contributed by atoms with Gasteiger partial charge in [0.15, 0.2) is 5.82 Å². The average molecular weight is 399 g/mol. The minimum absolute atomic E-state index is 0.148. The van der Waals surface area contributed by atoms with E-state index in [1.807, 2.05) is 18.2 Å². The fourth-order valence-electron chi connectivity index (χ4n) is 6.72. The normalized spacial score (nSPS) is 30.7. The topological polar surface area (TPSA) is 113 Å². The van der Waals surface area contributed by atoms with E-state index in [-0.39, 0.29) is 17.9 Å². The first-order valence-corrected chi connectivity index (χ1v) is 10.6. The van der Waals surface area contributed by atoms with Gasteiger partial charge < -0.3 is 11.1 Å². The molecule has 0 radical (unpaired) electrons. The Labute approximate surface area is 172 Å². The van der Waals surface area contributed by atoms with Crippen LogP contribution in [-0.2, 0) is 0 Å². The van der Waals surface area contributed by atoms with Gasteiger partial charge in [-0.3, -0.25) is 20.0 Å². The van der Waals surface area contributed by atoms with Crippen LogP contribution in [-0.4, -0.2) is 22.0 Å². The molecule has 2 fully saturated rings. The van der Waals surface area contributed by atoms with Crippen molar-refractivity contribution in [2.24, 2.45) is 17.8 Å². The molecule has 2 amide bonds. The lowest BCUT2D eigenvalue weighted by Crippen LogP contribution is -2.35. The molecule has 5 atom stereocenters. The zero-order chi connectivity index (χ0) is 20.1. The zero-order valence-electron chi connectivity index (χ0n) is 16.2. The van der Waals surface area contributed by atoms with Gasteiger partial charge in [-0.25, -0.2) is 0 Å². The second kappa shape index (κ2) is 5.41. The van der Waals surface area contributed by atoms with Crippen LogP contribution in [0.15, 0.2) is 30.3 Å². The average Bonchev–Trinajstić information content (AvgIpc) is 3.51. The van der Waals surface area contributed by atoms with Crippen LogP contribution >= 0.6 is 0 Å². The zero-order valence-corrected chi connectivity index (χ0v) is 16.2. The largest absolute Gasteiger partial charge is 0.382 e. The van der Waals surface area contributed by atoms with Crippen molar-refractivity contribution in [3.63, 3.8) is 0 Å². The molecule has 2 aliphatic heterocycles. The minimum atomic E-state index is -0.307. The van der Waals surface area contributed by atoms with E-state index >= 15 is 0 Å². The van der Waals surface area contributed by atoms with Crippen LogP contribution in [0.4, 0.5) is 11.5 Å². The van der Waals surface area contributed by atoms with Crippen LogP contribution in [0.25, 0.3) is 10.9 Å². The molecule has 30 heavy (non-hydrogen) atoms. The van der Waals surface area contributed by atoms with Crippen molar-refractivity contribution in [1.82, 2.24) is 15.5 Å². The lowest BCUT2D eigenvalue weighted by atomic mass is 9.67. The van der Waals surface area contributed by atoms with Crippen molar-refractivity contribution in [3.05, 3.63) is 52.6 Å². The van der Waals surface area contributed by atoms with Crippen molar-refractivity contribution < 1.29 is 9.59 Å². The summed E-state index contributed by atoms with van der Waals surface area (Å²) in [6, 6.07) is 10.3. The summed E-state index contributed by atoms with van der Waals surface area (Å²) in [6.07, 6.45) is 3.75. The number of imide groups is 1. The number of anilines is 2. The van der Waals surface area contributed by atoms with Crippen molar-refractivity contribution in [3.8, 4) is 0 Å². The van der Waals surface area contributed by atoms with Crippen molar-refractivity contribution >= 4 is 34.2 Å². The van der Waals surface area contributed by atoms with Gasteiger partial charge in [0.25, 0.3) is 11.8 Å². The molecular weight excluding hydrogens is 378 g/mol. The lowest BCUT2D eigenvalue weighted by molar-refractivity contribution is 0.0879. The van der Waals surface area contributed by atoms with Gasteiger partial charge in [0.05, 0.1) is 22.7 Å². The molecule has 3 aromatic rings. The van der Waals surface area contributed by atoms with E-state index in [1.165, 1.54) is 30.4 Å². The third-order valence-corrected chi connectivity index (χ3v) is 7.92. The third kappa shape index (κ3) is 1.97. The summed E-state index contributed by atoms with van der Waals surface area (Å²) in [5.41, 5.74) is 11.4. The molecular formula is C23H21N5O2. The maximum atomic E-state index is 12.3. The first kappa shape index (κ1) is 16.4. The van der Waals surface area contributed by atoms with Crippen LogP contribution in [0.2, 0.25) is 0 Å². The van der Waals surface area contributed by atoms with Crippen LogP contribution in [0.3, 0.4) is 0 Å². The molecule has 1 aromatic heterocycles. The van der Waals surface area contributed by atoms with Gasteiger partial charge in [0, 0.05) is 11.1 Å². The Hall–Kier alpha value is -3.35. The summed E-state index contributed by atoms with van der Waals surface area (Å²) in [6.45, 7) is 0. The number of hydrogen-bond donors (Lipinski definition) is 4. The number of H-pyrrole nitrogens is 1. The number of nitrogen functional groups attached to an aromatic ring is 1. The number of hydrogen-bond acceptors (Lipinski definition) is 5. The van der Waals surface area contributed by atoms with Crippen LogP contribution in [0.5, 0.6) is 0 Å². The van der Waals surface area contributed by atoms with E-state index < -0.39 is 0 Å². The second-order valence-corrected chi connectivity index (χ2v) is 9.24. The van der Waals surface area contributed by atoms with Crippen molar-refractivity contribution in [1.29, 1.82) is 0 Å². The Balaban J connectivity index is 1.41. The number of carbonyl (C=O) groups excluding carboxylic acids is 2. The Bertz CT molecular complexity index is 1280. The Morgan fingerprint density at radius 3 is 2.67 bits per heavy atom. The molecule has 7 heteroatoms. The SMILES string of the molecule is Nc1n[nH]c2ccc(C3Nc4cc5c(cc4C4C6CCC(C6)C34)C(=O)NC5=O)cc12. The quantitative estimate of drug-likeness (QED) is 0.469. The Kier molecular flexibility index (Phi) is 2.97. The molecule has 7 rings (SSSR count). The number of nitrogens with zero attached hydrogens (tertiary/aromatic N) is 1. The van der Waals surface area contributed by atoms with Gasteiger partial charge in [-0.2, -0.15) is 5.10 Å². The van der Waals surface area contributed by atoms with E-state index in [4.69, 9.17) is 5.73 Å². The Morgan fingerprint density at radius 2 is 1.80 bits per heavy atom. The number of aromatic amines is 1. The standard InChI is InChI=1S/C23H21N5O2/c24-21-15-6-11(3-4-16(15)27-28-21)20-19-10-2-1-9(5-10)18(19)14-7-12-13(8-17(14)25-20)23(30)26-22(12)29/h3-4,6-10,18-20,25H,1-2,5H2,(H3,24,27,28)(H,26,29,30). The molecule has 5 unspecified atom stereocenters. The van der Waals surface area contributed by atoms with E-state index in [2.05, 4.69) is 33.0 Å². The van der Waals surface area contributed by atoms with Crippen molar-refractivity contribution in [2.75, 3.05) is 11.1 Å². The first-order chi connectivity index (χ1) is 14.6. The number of nitrogens with one attached hydrogen (secondary N) is 3. The lowest BCUT2D eigenvalue weighted by Gasteiger charge is -2.43. The summed E-state index contributed by atoms with van der Waals surface area (Å²) >= 11 is 0. The fraction of sp³-hybridized carbons (Fsp3) is 0.348. The molecule has 3 heterocycles. The minimum Gasteiger partial charge on any atom is -0.382 e. The molecule has 2 aromatic carbocycles. The monoisotopic (exact) mass is 399 g/mol. The van der Waals surface area contributed by atoms with E-state index in [9.17, 15) is 9.59 Å². The highest BCUT2D eigenvalue weighted by Gasteiger charge is 2.54. The van der Waals surface area contributed by atoms with E-state index in [0.717, 1.165) is 16.6 Å². The number of nitrogens with two attached hydrogens (primary N) is 1. The van der Waals surface area contributed by atoms with E-state index in [0.29, 0.717) is 40.6 Å². The number of amides is 2. The highest BCUT2D eigenvalue weighted by molar-refractivity contribution is 6.22. The molecule has 0 spiro atoms. The first-order valence-electron chi connectivity index (χ1n) is 10.6. The van der Waals surface area contributed by atoms with Crippen LogP contribution < -0.4 is 16.4 Å². The van der Waals surface area contributed by atoms with Gasteiger partial charge in [-0.15, -0.1) is 0 Å². The number of rotatable bonds is 1. The highest BCUT2D eigenvalue weighted by Crippen LogP contribution is 2.64. The molecule has 150 valence electrons. The summed E-state index contributed by atoms with van der Waals surface area (Å²) in [7, 11) is 0. The predicted molar refractivity (Wildman–Crippen MR) is 112 cm³/mol. The van der Waals surface area contributed by atoms with Gasteiger partial charge in [0.2, 0.25) is 0 Å². The molecule has 4 aliphatic rings. The van der Waals surface area contributed by atoms with Gasteiger partial charge >= 0.3 is 0 Å². The molecule has 2 bridgehead atoms. The predicted octanol–water partition coefficient (Wildman–Crippen LogP) is 3.33.